The average molecular weight is 409 g/mol. The molecule has 7 nitrogen and oxygen atoms in total. The summed E-state index contributed by atoms with van der Waals surface area (Å²) in [4.78, 5) is 39.0. The first-order chi connectivity index (χ1) is 14.4. The summed E-state index contributed by atoms with van der Waals surface area (Å²) >= 11 is 0. The number of carbonyl (C=O) groups is 2. The quantitative estimate of drug-likeness (QED) is 0.816. The number of hydrogen-bond acceptors (Lipinski definition) is 3. The van der Waals surface area contributed by atoms with Crippen LogP contribution in [0.4, 0.5) is 10.5 Å². The number of fused-ring (bicyclic) bond motifs is 4. The second-order valence-corrected chi connectivity index (χ2v) is 8.71. The molecule has 1 aromatic carbocycles. The van der Waals surface area contributed by atoms with Crippen molar-refractivity contribution in [3.05, 3.63) is 64.1 Å². The SMILES string of the molecule is CC(C)CNC(=O)c1ccc(NC(=O)N2C[C@H]3C[C@@H](C2)c2cccc(=O)n2C3)cc1. The molecule has 2 atom stereocenters. The fraction of sp³-hybridized carbons (Fsp3) is 0.435. The largest absolute Gasteiger partial charge is 0.352 e. The maximum Gasteiger partial charge on any atom is 0.321 e. The molecule has 4 rings (SSSR count). The van der Waals surface area contributed by atoms with E-state index < -0.39 is 0 Å². The van der Waals surface area contributed by atoms with Crippen LogP contribution in [0.25, 0.3) is 0 Å². The highest BCUT2D eigenvalue weighted by molar-refractivity contribution is 5.95. The second-order valence-electron chi connectivity index (χ2n) is 8.71. The Morgan fingerprint density at radius 3 is 2.57 bits per heavy atom. The summed E-state index contributed by atoms with van der Waals surface area (Å²) in [5, 5.41) is 5.83. The molecule has 158 valence electrons. The maximum atomic E-state index is 12.8. The Hall–Kier alpha value is -3.09. The third-order valence-electron chi connectivity index (χ3n) is 5.84. The number of piperidine rings is 1. The molecule has 0 radical (unpaired) electrons. The maximum absolute atomic E-state index is 12.8. The van der Waals surface area contributed by atoms with Gasteiger partial charge in [-0.3, -0.25) is 9.59 Å². The van der Waals surface area contributed by atoms with Gasteiger partial charge in [0, 0.05) is 55.1 Å². The second kappa shape index (κ2) is 8.34. The highest BCUT2D eigenvalue weighted by Crippen LogP contribution is 2.35. The molecule has 3 amide bonds. The van der Waals surface area contributed by atoms with E-state index in [1.165, 1.54) is 0 Å². The zero-order valence-corrected chi connectivity index (χ0v) is 17.4. The molecule has 2 aliphatic heterocycles. The lowest BCUT2D eigenvalue weighted by Gasteiger charge is -2.42. The van der Waals surface area contributed by atoms with E-state index in [0.29, 0.717) is 43.3 Å². The Morgan fingerprint density at radius 2 is 1.83 bits per heavy atom. The molecule has 7 heteroatoms. The number of amides is 3. The van der Waals surface area contributed by atoms with Crippen LogP contribution in [0.1, 0.15) is 42.2 Å². The Balaban J connectivity index is 1.39. The minimum atomic E-state index is -0.145. The van der Waals surface area contributed by atoms with E-state index in [9.17, 15) is 14.4 Å². The molecule has 3 heterocycles. The van der Waals surface area contributed by atoms with Gasteiger partial charge in [-0.25, -0.2) is 4.79 Å². The summed E-state index contributed by atoms with van der Waals surface area (Å²) in [5.74, 6) is 0.750. The van der Waals surface area contributed by atoms with Crippen LogP contribution < -0.4 is 16.2 Å². The monoisotopic (exact) mass is 408 g/mol. The first-order valence-electron chi connectivity index (χ1n) is 10.5. The van der Waals surface area contributed by atoms with Crippen LogP contribution in [0.15, 0.2) is 47.3 Å². The molecule has 0 saturated carbocycles. The van der Waals surface area contributed by atoms with E-state index in [1.54, 1.807) is 36.4 Å². The number of likely N-dealkylation sites (tertiary alicyclic amines) is 1. The number of urea groups is 1. The van der Waals surface area contributed by atoms with Crippen molar-refractivity contribution in [2.24, 2.45) is 11.8 Å². The molecule has 2 bridgehead atoms. The highest BCUT2D eigenvalue weighted by atomic mass is 16.2. The molecule has 30 heavy (non-hydrogen) atoms. The van der Waals surface area contributed by atoms with Gasteiger partial charge in [0.2, 0.25) is 0 Å². The van der Waals surface area contributed by atoms with Crippen LogP contribution in [-0.2, 0) is 6.54 Å². The Kier molecular flexibility index (Phi) is 5.61. The molecule has 1 fully saturated rings. The van der Waals surface area contributed by atoms with Gasteiger partial charge < -0.3 is 20.1 Å². The molecule has 2 N–H and O–H groups in total. The van der Waals surface area contributed by atoms with E-state index in [1.807, 2.05) is 29.4 Å². The lowest BCUT2D eigenvalue weighted by molar-refractivity contribution is 0.0949. The van der Waals surface area contributed by atoms with Crippen LogP contribution in [0.3, 0.4) is 0 Å². The molecule has 0 aliphatic carbocycles. The predicted octanol–water partition coefficient (Wildman–Crippen LogP) is 2.89. The number of nitrogens with one attached hydrogen (secondary N) is 2. The summed E-state index contributed by atoms with van der Waals surface area (Å²) in [6, 6.07) is 12.2. The van der Waals surface area contributed by atoms with Crippen molar-refractivity contribution in [2.45, 2.75) is 32.7 Å². The smallest absolute Gasteiger partial charge is 0.321 e. The van der Waals surface area contributed by atoms with Gasteiger partial charge in [-0.05, 0) is 48.6 Å². The Morgan fingerprint density at radius 1 is 1.07 bits per heavy atom. The van der Waals surface area contributed by atoms with Gasteiger partial charge >= 0.3 is 6.03 Å². The van der Waals surface area contributed by atoms with Crippen molar-refractivity contribution in [2.75, 3.05) is 25.0 Å². The third kappa shape index (κ3) is 4.25. The van der Waals surface area contributed by atoms with Crippen molar-refractivity contribution in [3.63, 3.8) is 0 Å². The van der Waals surface area contributed by atoms with E-state index in [2.05, 4.69) is 10.6 Å². The number of nitrogens with zero attached hydrogens (tertiary/aromatic N) is 2. The minimum Gasteiger partial charge on any atom is -0.352 e. The van der Waals surface area contributed by atoms with Gasteiger partial charge in [0.25, 0.3) is 11.5 Å². The molecular weight excluding hydrogens is 380 g/mol. The number of hydrogen-bond donors (Lipinski definition) is 2. The number of pyridine rings is 1. The number of benzene rings is 1. The topological polar surface area (TPSA) is 83.4 Å². The number of anilines is 1. The molecule has 1 aromatic heterocycles. The highest BCUT2D eigenvalue weighted by Gasteiger charge is 2.36. The van der Waals surface area contributed by atoms with Crippen LogP contribution in [0.5, 0.6) is 0 Å². The fourth-order valence-corrected chi connectivity index (χ4v) is 4.37. The third-order valence-corrected chi connectivity index (χ3v) is 5.84. The number of carbonyl (C=O) groups excluding carboxylic acids is 2. The van der Waals surface area contributed by atoms with E-state index in [4.69, 9.17) is 0 Å². The Bertz CT molecular complexity index is 996. The van der Waals surface area contributed by atoms with Crippen molar-refractivity contribution >= 4 is 17.6 Å². The van der Waals surface area contributed by atoms with Crippen LogP contribution >= 0.6 is 0 Å². The van der Waals surface area contributed by atoms with Gasteiger partial charge in [0.1, 0.15) is 0 Å². The first-order valence-corrected chi connectivity index (χ1v) is 10.5. The average Bonchev–Trinajstić information content (AvgIpc) is 2.73. The van der Waals surface area contributed by atoms with Crippen molar-refractivity contribution in [1.29, 1.82) is 0 Å². The predicted molar refractivity (Wildman–Crippen MR) is 116 cm³/mol. The minimum absolute atomic E-state index is 0.0395. The van der Waals surface area contributed by atoms with Crippen LogP contribution in [-0.4, -0.2) is 41.0 Å². The normalized spacial score (nSPS) is 19.9. The van der Waals surface area contributed by atoms with Crippen molar-refractivity contribution < 1.29 is 9.59 Å². The van der Waals surface area contributed by atoms with Crippen LogP contribution in [0, 0.1) is 11.8 Å². The van der Waals surface area contributed by atoms with Gasteiger partial charge in [-0.1, -0.05) is 19.9 Å². The van der Waals surface area contributed by atoms with Gasteiger partial charge in [0.05, 0.1) is 0 Å². The van der Waals surface area contributed by atoms with E-state index >= 15 is 0 Å². The van der Waals surface area contributed by atoms with Crippen molar-refractivity contribution in [1.82, 2.24) is 14.8 Å². The lowest BCUT2D eigenvalue weighted by Crippen LogP contribution is -2.50. The zero-order valence-electron chi connectivity index (χ0n) is 17.4. The van der Waals surface area contributed by atoms with Crippen LogP contribution in [0.2, 0.25) is 0 Å². The fourth-order valence-electron chi connectivity index (χ4n) is 4.37. The summed E-state index contributed by atoms with van der Waals surface area (Å²) in [7, 11) is 0. The van der Waals surface area contributed by atoms with Gasteiger partial charge in [-0.15, -0.1) is 0 Å². The summed E-state index contributed by atoms with van der Waals surface area (Å²) in [6.07, 6.45) is 1.01. The standard InChI is InChI=1S/C23H28N4O3/c1-15(2)11-24-22(29)17-6-8-19(9-7-17)25-23(30)26-12-16-10-18(14-26)20-4-3-5-21(28)27(20)13-16/h3-9,15-16,18H,10-14H2,1-2H3,(H,24,29)(H,25,30)/t16-,18+/m1/s1. The summed E-state index contributed by atoms with van der Waals surface area (Å²) in [5.41, 5.74) is 2.29. The van der Waals surface area contributed by atoms with Gasteiger partial charge in [0.15, 0.2) is 0 Å². The first kappa shape index (κ1) is 20.2. The Labute approximate surface area is 176 Å². The van der Waals surface area contributed by atoms with E-state index in [-0.39, 0.29) is 29.3 Å². The van der Waals surface area contributed by atoms with Crippen molar-refractivity contribution in [3.8, 4) is 0 Å². The van der Waals surface area contributed by atoms with E-state index in [0.717, 1.165) is 12.1 Å². The molecule has 2 aromatic rings. The number of aromatic nitrogens is 1. The zero-order chi connectivity index (χ0) is 21.3. The molecular formula is C23H28N4O3. The molecule has 2 aliphatic rings. The molecule has 0 spiro atoms. The van der Waals surface area contributed by atoms with Gasteiger partial charge in [-0.2, -0.15) is 0 Å². The number of rotatable bonds is 4. The molecule has 0 unspecified atom stereocenters. The summed E-state index contributed by atoms with van der Waals surface area (Å²) in [6.45, 7) is 6.62. The molecule has 1 saturated heterocycles. The summed E-state index contributed by atoms with van der Waals surface area (Å²) < 4.78 is 1.86. The lowest BCUT2D eigenvalue weighted by atomic mass is 9.83.